The summed E-state index contributed by atoms with van der Waals surface area (Å²) in [6.07, 6.45) is 3.76. The summed E-state index contributed by atoms with van der Waals surface area (Å²) >= 11 is 6.21. The number of aliphatic hydroxyl groups excluding tert-OH is 1. The molecule has 192 valence electrons. The van der Waals surface area contributed by atoms with Gasteiger partial charge in [0.15, 0.2) is 0 Å². The fourth-order valence-electron chi connectivity index (χ4n) is 4.98. The second-order valence-electron chi connectivity index (χ2n) is 9.45. The lowest BCUT2D eigenvalue weighted by molar-refractivity contribution is -0.132. The van der Waals surface area contributed by atoms with Crippen molar-refractivity contribution in [2.45, 2.75) is 32.7 Å². The number of Topliss-reactive ketones (excluding diaryl/α,β-unsaturated/α-hetero) is 1. The van der Waals surface area contributed by atoms with E-state index >= 15 is 0 Å². The summed E-state index contributed by atoms with van der Waals surface area (Å²) in [5, 5.41) is 11.7. The molecule has 2 aliphatic heterocycles. The molecule has 0 spiro atoms. The number of benzene rings is 2. The molecule has 5 rings (SSSR count). The summed E-state index contributed by atoms with van der Waals surface area (Å²) in [5.41, 5.74) is 1.88. The largest absolute Gasteiger partial charge is 0.507 e. The molecule has 1 amide bonds. The lowest BCUT2D eigenvalue weighted by Gasteiger charge is -2.32. The summed E-state index contributed by atoms with van der Waals surface area (Å²) < 4.78 is 11.2. The maximum atomic E-state index is 13.3. The SMILES string of the molecule is CCOc1cc(/C(O)=C2/C(=O)C(=O)N(c3ccc(N4CCC(C)CC4)cc3)C2c2ccco2)ccc1Cl. The average Bonchev–Trinajstić information content (AvgIpc) is 3.52. The van der Waals surface area contributed by atoms with Gasteiger partial charge in [0.25, 0.3) is 11.7 Å². The van der Waals surface area contributed by atoms with Crippen LogP contribution >= 0.6 is 11.6 Å². The van der Waals surface area contributed by atoms with Crippen LogP contribution in [0.1, 0.15) is 44.1 Å². The number of hydrogen-bond acceptors (Lipinski definition) is 6. The summed E-state index contributed by atoms with van der Waals surface area (Å²) in [5.74, 6) is -0.379. The van der Waals surface area contributed by atoms with Crippen LogP contribution in [0, 0.1) is 5.92 Å². The summed E-state index contributed by atoms with van der Waals surface area (Å²) in [6.45, 7) is 6.45. The third-order valence-electron chi connectivity index (χ3n) is 7.04. The molecule has 1 atom stereocenters. The molecule has 2 saturated heterocycles. The first-order chi connectivity index (χ1) is 17.9. The van der Waals surface area contributed by atoms with Crippen molar-refractivity contribution in [3.63, 3.8) is 0 Å². The van der Waals surface area contributed by atoms with Gasteiger partial charge in [0.1, 0.15) is 23.3 Å². The van der Waals surface area contributed by atoms with E-state index in [1.165, 1.54) is 11.2 Å². The van der Waals surface area contributed by atoms with E-state index in [0.29, 0.717) is 34.4 Å². The number of piperidine rings is 1. The zero-order chi connectivity index (χ0) is 26.1. The first kappa shape index (κ1) is 25.0. The Bertz CT molecular complexity index is 1320. The summed E-state index contributed by atoms with van der Waals surface area (Å²) in [4.78, 5) is 30.4. The van der Waals surface area contributed by atoms with Crippen LogP contribution in [0.25, 0.3) is 5.76 Å². The van der Waals surface area contributed by atoms with Crippen molar-refractivity contribution in [1.29, 1.82) is 0 Å². The van der Waals surface area contributed by atoms with E-state index in [-0.39, 0.29) is 11.3 Å². The van der Waals surface area contributed by atoms with Gasteiger partial charge in [0, 0.05) is 30.0 Å². The number of carbonyl (C=O) groups is 2. The van der Waals surface area contributed by atoms with Gasteiger partial charge in [-0.2, -0.15) is 0 Å². The Morgan fingerprint density at radius 1 is 1.08 bits per heavy atom. The van der Waals surface area contributed by atoms with Gasteiger partial charge < -0.3 is 19.2 Å². The van der Waals surface area contributed by atoms with Crippen LogP contribution in [-0.4, -0.2) is 36.5 Å². The van der Waals surface area contributed by atoms with Gasteiger partial charge in [0.2, 0.25) is 0 Å². The predicted octanol–water partition coefficient (Wildman–Crippen LogP) is 6.19. The molecule has 0 radical (unpaired) electrons. The van der Waals surface area contributed by atoms with E-state index < -0.39 is 17.7 Å². The number of ketones is 1. The van der Waals surface area contributed by atoms with Gasteiger partial charge in [-0.05, 0) is 80.3 Å². The van der Waals surface area contributed by atoms with Crippen molar-refractivity contribution < 1.29 is 23.8 Å². The zero-order valence-corrected chi connectivity index (χ0v) is 21.6. The Morgan fingerprint density at radius 3 is 2.43 bits per heavy atom. The first-order valence-electron chi connectivity index (χ1n) is 12.5. The maximum absolute atomic E-state index is 13.3. The Morgan fingerprint density at radius 2 is 1.78 bits per heavy atom. The minimum absolute atomic E-state index is 0.0567. The number of carbonyl (C=O) groups excluding carboxylic acids is 2. The number of anilines is 2. The summed E-state index contributed by atoms with van der Waals surface area (Å²) in [7, 11) is 0. The van der Waals surface area contributed by atoms with E-state index in [4.69, 9.17) is 20.8 Å². The topological polar surface area (TPSA) is 83.2 Å². The molecule has 3 heterocycles. The highest BCUT2D eigenvalue weighted by molar-refractivity contribution is 6.51. The molecule has 2 aromatic carbocycles. The van der Waals surface area contributed by atoms with Crippen molar-refractivity contribution in [2.75, 3.05) is 29.5 Å². The van der Waals surface area contributed by atoms with Crippen LogP contribution in [0.2, 0.25) is 5.02 Å². The Hall–Kier alpha value is -3.71. The zero-order valence-electron chi connectivity index (χ0n) is 20.8. The van der Waals surface area contributed by atoms with Crippen LogP contribution in [0.5, 0.6) is 5.75 Å². The van der Waals surface area contributed by atoms with Gasteiger partial charge >= 0.3 is 0 Å². The highest BCUT2D eigenvalue weighted by Crippen LogP contribution is 2.43. The standard InChI is InChI=1S/C29H29ClN2O5/c1-3-36-24-17-19(6-11-22(24)30)27(33)25-26(23-5-4-16-37-23)32(29(35)28(25)34)21-9-7-20(8-10-21)31-14-12-18(2)13-15-31/h4-11,16-18,26,33H,3,12-15H2,1-2H3/b27-25-. The lowest BCUT2D eigenvalue weighted by atomic mass is 9.98. The normalized spacial score (nSPS) is 20.0. The van der Waals surface area contributed by atoms with Gasteiger partial charge in [-0.15, -0.1) is 0 Å². The molecule has 0 aliphatic carbocycles. The number of furan rings is 1. The predicted molar refractivity (Wildman–Crippen MR) is 143 cm³/mol. The fraction of sp³-hybridized carbons (Fsp3) is 0.310. The number of nitrogens with zero attached hydrogens (tertiary/aromatic N) is 2. The lowest BCUT2D eigenvalue weighted by Crippen LogP contribution is -2.33. The Kier molecular flexibility index (Phi) is 6.98. The van der Waals surface area contributed by atoms with Crippen LogP contribution in [-0.2, 0) is 9.59 Å². The maximum Gasteiger partial charge on any atom is 0.300 e. The minimum Gasteiger partial charge on any atom is -0.507 e. The highest BCUT2D eigenvalue weighted by atomic mass is 35.5. The monoisotopic (exact) mass is 520 g/mol. The number of amides is 1. The molecule has 1 aromatic heterocycles. The number of aliphatic hydroxyl groups is 1. The average molecular weight is 521 g/mol. The van der Waals surface area contributed by atoms with E-state index in [1.807, 2.05) is 31.2 Å². The number of halogens is 1. The number of rotatable bonds is 6. The molecule has 0 bridgehead atoms. The molecule has 1 unspecified atom stereocenters. The van der Waals surface area contributed by atoms with Crippen molar-refractivity contribution in [3.8, 4) is 5.75 Å². The molecule has 0 saturated carbocycles. The molecule has 37 heavy (non-hydrogen) atoms. The van der Waals surface area contributed by atoms with Crippen molar-refractivity contribution in [1.82, 2.24) is 0 Å². The van der Waals surface area contributed by atoms with Gasteiger partial charge in [-0.3, -0.25) is 14.5 Å². The molecule has 1 N–H and O–H groups in total. The minimum atomic E-state index is -0.928. The number of ether oxygens (including phenoxy) is 1. The van der Waals surface area contributed by atoms with E-state index in [9.17, 15) is 14.7 Å². The molecular formula is C29H29ClN2O5. The van der Waals surface area contributed by atoms with Crippen LogP contribution in [0.4, 0.5) is 11.4 Å². The van der Waals surface area contributed by atoms with Crippen LogP contribution in [0.15, 0.2) is 70.9 Å². The second kappa shape index (κ2) is 10.3. The number of hydrogen-bond donors (Lipinski definition) is 1. The van der Waals surface area contributed by atoms with Crippen molar-refractivity contribution in [2.24, 2.45) is 5.92 Å². The third-order valence-corrected chi connectivity index (χ3v) is 7.35. The Labute approximate surface area is 220 Å². The molecule has 2 fully saturated rings. The van der Waals surface area contributed by atoms with Gasteiger partial charge in [-0.25, -0.2) is 0 Å². The second-order valence-corrected chi connectivity index (χ2v) is 9.86. The molecule has 2 aliphatic rings. The Balaban J connectivity index is 1.55. The summed E-state index contributed by atoms with van der Waals surface area (Å²) in [6, 6.07) is 14.8. The molecule has 7 nitrogen and oxygen atoms in total. The van der Waals surface area contributed by atoms with Crippen LogP contribution < -0.4 is 14.5 Å². The van der Waals surface area contributed by atoms with E-state index in [0.717, 1.165) is 37.5 Å². The quantitative estimate of drug-likeness (QED) is 0.237. The first-order valence-corrected chi connectivity index (χ1v) is 12.9. The van der Waals surface area contributed by atoms with E-state index in [2.05, 4.69) is 11.8 Å². The van der Waals surface area contributed by atoms with Crippen molar-refractivity contribution >= 4 is 40.4 Å². The highest BCUT2D eigenvalue weighted by Gasteiger charge is 2.48. The smallest absolute Gasteiger partial charge is 0.300 e. The van der Waals surface area contributed by atoms with E-state index in [1.54, 1.807) is 30.3 Å². The molecule has 8 heteroatoms. The third kappa shape index (κ3) is 4.71. The van der Waals surface area contributed by atoms with Gasteiger partial charge in [-0.1, -0.05) is 18.5 Å². The molecule has 3 aromatic rings. The fourth-order valence-corrected chi connectivity index (χ4v) is 5.15. The van der Waals surface area contributed by atoms with Crippen LogP contribution in [0.3, 0.4) is 0 Å². The van der Waals surface area contributed by atoms with Gasteiger partial charge in [0.05, 0.1) is 23.5 Å². The van der Waals surface area contributed by atoms with Crippen molar-refractivity contribution in [3.05, 3.63) is 82.8 Å². The molecular weight excluding hydrogens is 492 g/mol.